The summed E-state index contributed by atoms with van der Waals surface area (Å²) in [7, 11) is 0. The van der Waals surface area contributed by atoms with Gasteiger partial charge in [-0.3, -0.25) is 4.79 Å². The van der Waals surface area contributed by atoms with Crippen LogP contribution in [0.2, 0.25) is 5.02 Å². The normalized spacial score (nSPS) is 21.5. The van der Waals surface area contributed by atoms with Gasteiger partial charge in [0.25, 0.3) is 0 Å². The molecule has 1 fully saturated rings. The Morgan fingerprint density at radius 1 is 1.50 bits per heavy atom. The van der Waals surface area contributed by atoms with E-state index in [4.69, 9.17) is 22.1 Å². The van der Waals surface area contributed by atoms with Gasteiger partial charge < -0.3 is 15.8 Å². The topological polar surface area (TPSA) is 94.3 Å². The maximum absolute atomic E-state index is 12.1. The molecule has 1 heterocycles. The van der Waals surface area contributed by atoms with E-state index in [-0.39, 0.29) is 17.9 Å². The number of nitrogens with one attached hydrogen (secondary N) is 1. The van der Waals surface area contributed by atoms with E-state index in [2.05, 4.69) is 32.9 Å². The number of aromatic nitrogens is 1. The molecule has 2 atom stereocenters. The van der Waals surface area contributed by atoms with E-state index in [0.717, 1.165) is 3.57 Å². The minimum atomic E-state index is -0.801. The molecule has 1 aliphatic rings. The predicted octanol–water partition coefficient (Wildman–Crippen LogP) is 2.54. The lowest BCUT2D eigenvalue weighted by atomic mass is 10.1. The number of primary amides is 1. The van der Waals surface area contributed by atoms with Gasteiger partial charge in [0, 0.05) is 15.7 Å². The van der Waals surface area contributed by atoms with Gasteiger partial charge in [0.2, 0.25) is 5.91 Å². The third kappa shape index (κ3) is 3.95. The van der Waals surface area contributed by atoms with Crippen molar-refractivity contribution in [3.63, 3.8) is 0 Å². The second-order valence-electron chi connectivity index (χ2n) is 4.54. The van der Waals surface area contributed by atoms with Gasteiger partial charge >= 0.3 is 6.09 Å². The second-order valence-corrected chi connectivity index (χ2v) is 6.11. The van der Waals surface area contributed by atoms with Crippen LogP contribution in [0.3, 0.4) is 0 Å². The van der Waals surface area contributed by atoms with E-state index < -0.39 is 6.09 Å². The number of nitrogens with zero attached hydrogens (tertiary/aromatic N) is 1. The highest BCUT2D eigenvalue weighted by Crippen LogP contribution is 2.29. The van der Waals surface area contributed by atoms with Crippen molar-refractivity contribution < 1.29 is 14.3 Å². The molecule has 0 unspecified atom stereocenters. The lowest BCUT2D eigenvalue weighted by Gasteiger charge is -2.11. The van der Waals surface area contributed by atoms with Crippen LogP contribution < -0.4 is 11.1 Å². The number of rotatable bonds is 3. The van der Waals surface area contributed by atoms with Crippen LogP contribution in [0, 0.1) is 9.49 Å². The molecule has 2 rings (SSSR count). The Morgan fingerprint density at radius 2 is 2.25 bits per heavy atom. The zero-order chi connectivity index (χ0) is 14.7. The highest BCUT2D eigenvalue weighted by Gasteiger charge is 2.32. The van der Waals surface area contributed by atoms with Crippen molar-refractivity contribution >= 4 is 52.0 Å². The summed E-state index contributed by atoms with van der Waals surface area (Å²) in [5, 5.41) is 3.28. The number of carbonyl (C=O) groups excluding carboxylic acids is 2. The largest absolute Gasteiger partial charge is 0.446 e. The molecule has 0 aliphatic heterocycles. The molecule has 1 saturated carbocycles. The summed E-state index contributed by atoms with van der Waals surface area (Å²) >= 11 is 7.94. The molecule has 8 heteroatoms. The standard InChI is InChI=1S/C12H13ClIN3O3/c13-8-5-16-10(4-9(8)14)17-11(18)6-1-2-7(3-6)20-12(15)19/h4-7H,1-3H2,(H2,15,19)(H,16,17,18)/t6-,7+/m0/s1. The zero-order valence-electron chi connectivity index (χ0n) is 10.4. The maximum Gasteiger partial charge on any atom is 0.404 e. The number of halogens is 2. The number of carbonyl (C=O) groups is 2. The third-order valence-electron chi connectivity index (χ3n) is 3.10. The monoisotopic (exact) mass is 409 g/mol. The molecule has 20 heavy (non-hydrogen) atoms. The molecule has 1 aromatic heterocycles. The quantitative estimate of drug-likeness (QED) is 0.750. The highest BCUT2D eigenvalue weighted by molar-refractivity contribution is 14.1. The minimum absolute atomic E-state index is 0.133. The van der Waals surface area contributed by atoms with Crippen LogP contribution in [0.1, 0.15) is 19.3 Å². The first kappa shape index (κ1) is 15.3. The van der Waals surface area contributed by atoms with Crippen LogP contribution in [0.4, 0.5) is 10.6 Å². The number of hydrogen-bond donors (Lipinski definition) is 2. The number of hydrogen-bond acceptors (Lipinski definition) is 4. The smallest absolute Gasteiger partial charge is 0.404 e. The molecule has 0 saturated heterocycles. The molecule has 1 aromatic rings. The van der Waals surface area contributed by atoms with E-state index in [1.54, 1.807) is 6.07 Å². The molecule has 6 nitrogen and oxygen atoms in total. The molecule has 0 spiro atoms. The lowest BCUT2D eigenvalue weighted by molar-refractivity contribution is -0.119. The molecule has 108 valence electrons. The van der Waals surface area contributed by atoms with E-state index in [1.807, 2.05) is 0 Å². The van der Waals surface area contributed by atoms with E-state index in [1.165, 1.54) is 6.20 Å². The van der Waals surface area contributed by atoms with E-state index in [9.17, 15) is 9.59 Å². The van der Waals surface area contributed by atoms with Crippen molar-refractivity contribution in [2.24, 2.45) is 11.7 Å². The van der Waals surface area contributed by atoms with Gasteiger partial charge in [0.05, 0.1) is 5.02 Å². The molecular weight excluding hydrogens is 397 g/mol. The van der Waals surface area contributed by atoms with Crippen LogP contribution >= 0.6 is 34.2 Å². The molecule has 0 aromatic carbocycles. The lowest BCUT2D eigenvalue weighted by Crippen LogP contribution is -2.24. The summed E-state index contributed by atoms with van der Waals surface area (Å²) in [4.78, 5) is 26.8. The average molecular weight is 410 g/mol. The van der Waals surface area contributed by atoms with Gasteiger partial charge in [-0.1, -0.05) is 11.6 Å². The van der Waals surface area contributed by atoms with E-state index in [0.29, 0.717) is 30.1 Å². The Hall–Kier alpha value is -1.09. The SMILES string of the molecule is NC(=O)O[C@@H]1CC[C@H](C(=O)Nc2cc(I)c(Cl)cn2)C1. The number of anilines is 1. The van der Waals surface area contributed by atoms with Crippen LogP contribution in [0.5, 0.6) is 0 Å². The summed E-state index contributed by atoms with van der Waals surface area (Å²) in [6, 6.07) is 1.70. The fourth-order valence-electron chi connectivity index (χ4n) is 2.16. The molecule has 0 bridgehead atoms. The first-order chi connectivity index (χ1) is 9.45. The van der Waals surface area contributed by atoms with Crippen molar-refractivity contribution in [2.75, 3.05) is 5.32 Å². The third-order valence-corrected chi connectivity index (χ3v) is 4.61. The Balaban J connectivity index is 1.92. The first-order valence-electron chi connectivity index (χ1n) is 6.03. The molecule has 3 N–H and O–H groups in total. The number of amides is 2. The minimum Gasteiger partial charge on any atom is -0.446 e. The first-order valence-corrected chi connectivity index (χ1v) is 7.49. The second kappa shape index (κ2) is 6.57. The van der Waals surface area contributed by atoms with Gasteiger partial charge in [0.15, 0.2) is 0 Å². The van der Waals surface area contributed by atoms with Crippen molar-refractivity contribution in [3.05, 3.63) is 20.9 Å². The molecular formula is C12H13ClIN3O3. The van der Waals surface area contributed by atoms with Crippen LogP contribution in [0.15, 0.2) is 12.3 Å². The Kier molecular flexibility index (Phi) is 5.03. The van der Waals surface area contributed by atoms with Gasteiger partial charge in [-0.05, 0) is 47.9 Å². The van der Waals surface area contributed by atoms with Crippen LogP contribution in [-0.2, 0) is 9.53 Å². The zero-order valence-corrected chi connectivity index (χ0v) is 13.3. The molecule has 0 radical (unpaired) electrons. The molecule has 1 aliphatic carbocycles. The number of nitrogens with two attached hydrogens (primary N) is 1. The Morgan fingerprint density at radius 3 is 2.90 bits per heavy atom. The fraction of sp³-hybridized carbons (Fsp3) is 0.417. The van der Waals surface area contributed by atoms with E-state index >= 15 is 0 Å². The predicted molar refractivity (Wildman–Crippen MR) is 82.4 cm³/mol. The summed E-state index contributed by atoms with van der Waals surface area (Å²) in [6.45, 7) is 0. The van der Waals surface area contributed by atoms with Gasteiger partial charge in [0.1, 0.15) is 11.9 Å². The summed E-state index contributed by atoms with van der Waals surface area (Å²) < 4.78 is 5.72. The van der Waals surface area contributed by atoms with Gasteiger partial charge in [-0.2, -0.15) is 0 Å². The van der Waals surface area contributed by atoms with Crippen molar-refractivity contribution in [1.29, 1.82) is 0 Å². The summed E-state index contributed by atoms with van der Waals surface area (Å²) in [6.07, 6.45) is 2.21. The Labute approximate surface area is 134 Å². The summed E-state index contributed by atoms with van der Waals surface area (Å²) in [5.41, 5.74) is 4.96. The van der Waals surface area contributed by atoms with Gasteiger partial charge in [-0.15, -0.1) is 0 Å². The Bertz CT molecular complexity index is 541. The van der Waals surface area contributed by atoms with Crippen molar-refractivity contribution in [1.82, 2.24) is 4.98 Å². The summed E-state index contributed by atoms with van der Waals surface area (Å²) in [5.74, 6) is 0.128. The van der Waals surface area contributed by atoms with Crippen LogP contribution in [-0.4, -0.2) is 23.1 Å². The molecule has 2 amide bonds. The van der Waals surface area contributed by atoms with Gasteiger partial charge in [-0.25, -0.2) is 9.78 Å². The fourth-order valence-corrected chi connectivity index (χ4v) is 2.70. The van der Waals surface area contributed by atoms with Crippen molar-refractivity contribution in [2.45, 2.75) is 25.4 Å². The highest BCUT2D eigenvalue weighted by atomic mass is 127. The van der Waals surface area contributed by atoms with Crippen molar-refractivity contribution in [3.8, 4) is 0 Å². The average Bonchev–Trinajstić information content (AvgIpc) is 2.81. The maximum atomic E-state index is 12.1. The van der Waals surface area contributed by atoms with Crippen LogP contribution in [0.25, 0.3) is 0 Å². The number of ether oxygens (including phenoxy) is 1. The number of pyridine rings is 1.